The van der Waals surface area contributed by atoms with E-state index >= 15 is 0 Å². The topological polar surface area (TPSA) is 59.5 Å². The zero-order valence-corrected chi connectivity index (χ0v) is 9.30. The van der Waals surface area contributed by atoms with Crippen LogP contribution in [0.15, 0.2) is 18.3 Å². The van der Waals surface area contributed by atoms with Gasteiger partial charge in [-0.15, -0.1) is 10.2 Å². The molecule has 2 N–H and O–H groups in total. The number of nitrogens with zero attached hydrogens (tertiary/aromatic N) is 4. The van der Waals surface area contributed by atoms with E-state index in [1.165, 1.54) is 6.42 Å². The van der Waals surface area contributed by atoms with Gasteiger partial charge in [-0.05, 0) is 38.6 Å². The Morgan fingerprint density at radius 3 is 3.00 bits per heavy atom. The Kier molecular flexibility index (Phi) is 2.07. The first kappa shape index (κ1) is 9.59. The van der Waals surface area contributed by atoms with Crippen LogP contribution in [0.3, 0.4) is 0 Å². The van der Waals surface area contributed by atoms with Crippen molar-refractivity contribution in [3.05, 3.63) is 24.2 Å². The summed E-state index contributed by atoms with van der Waals surface area (Å²) in [7, 11) is 2.13. The zero-order valence-electron chi connectivity index (χ0n) is 9.30. The van der Waals surface area contributed by atoms with Crippen LogP contribution in [-0.2, 0) is 0 Å². The van der Waals surface area contributed by atoms with Crippen molar-refractivity contribution in [2.75, 3.05) is 19.3 Å². The summed E-state index contributed by atoms with van der Waals surface area (Å²) in [6, 6.07) is 4.13. The Hall–Kier alpha value is -1.62. The normalized spacial score (nSPS) is 21.9. The third-order valence-electron chi connectivity index (χ3n) is 3.27. The second-order valence-electron chi connectivity index (χ2n) is 4.39. The van der Waals surface area contributed by atoms with E-state index in [2.05, 4.69) is 22.1 Å². The summed E-state index contributed by atoms with van der Waals surface area (Å²) < 4.78 is 2.00. The van der Waals surface area contributed by atoms with Crippen molar-refractivity contribution in [3.8, 4) is 0 Å². The second kappa shape index (κ2) is 3.45. The standard InChI is InChI=1S/C11H15N5/c1-15-6-2-3-9(15)11-14-13-10-5-4-8(12)7-16(10)11/h4-5,7,9H,2-3,6,12H2,1H3. The Labute approximate surface area is 93.9 Å². The van der Waals surface area contributed by atoms with E-state index in [1.54, 1.807) is 0 Å². The Morgan fingerprint density at radius 1 is 1.38 bits per heavy atom. The summed E-state index contributed by atoms with van der Waals surface area (Å²) >= 11 is 0. The van der Waals surface area contributed by atoms with Gasteiger partial charge in [-0.1, -0.05) is 0 Å². The van der Waals surface area contributed by atoms with Gasteiger partial charge in [0.05, 0.1) is 6.04 Å². The molecular weight excluding hydrogens is 202 g/mol. The van der Waals surface area contributed by atoms with E-state index in [9.17, 15) is 0 Å². The maximum atomic E-state index is 5.80. The maximum Gasteiger partial charge on any atom is 0.160 e. The molecule has 0 radical (unpaired) electrons. The van der Waals surface area contributed by atoms with Gasteiger partial charge in [0.2, 0.25) is 0 Å². The summed E-state index contributed by atoms with van der Waals surface area (Å²) in [4.78, 5) is 2.32. The lowest BCUT2D eigenvalue weighted by Crippen LogP contribution is -2.19. The van der Waals surface area contributed by atoms with Crippen molar-refractivity contribution in [3.63, 3.8) is 0 Å². The molecule has 0 aromatic carbocycles. The van der Waals surface area contributed by atoms with Crippen molar-refractivity contribution < 1.29 is 0 Å². The number of likely N-dealkylation sites (tertiary alicyclic amines) is 1. The summed E-state index contributed by atoms with van der Waals surface area (Å²) in [5, 5.41) is 8.45. The summed E-state index contributed by atoms with van der Waals surface area (Å²) in [6.07, 6.45) is 4.27. The molecule has 1 atom stereocenters. The van der Waals surface area contributed by atoms with Crippen LogP contribution in [0.5, 0.6) is 0 Å². The van der Waals surface area contributed by atoms with Gasteiger partial charge in [-0.2, -0.15) is 0 Å². The highest BCUT2D eigenvalue weighted by atomic mass is 15.3. The number of fused-ring (bicyclic) bond motifs is 1. The SMILES string of the molecule is CN1CCCC1c1nnc2ccc(N)cn12. The highest BCUT2D eigenvalue weighted by Gasteiger charge is 2.26. The Balaban J connectivity index is 2.12. The molecule has 3 rings (SSSR count). The molecular formula is C11H15N5. The van der Waals surface area contributed by atoms with Crippen molar-refractivity contribution in [1.29, 1.82) is 0 Å². The number of anilines is 1. The van der Waals surface area contributed by atoms with Crippen LogP contribution in [0.4, 0.5) is 5.69 Å². The molecule has 0 aliphatic carbocycles. The number of rotatable bonds is 1. The predicted octanol–water partition coefficient (Wildman–Crippen LogP) is 1.08. The zero-order chi connectivity index (χ0) is 11.1. The number of aromatic nitrogens is 3. The first-order valence-corrected chi connectivity index (χ1v) is 5.56. The lowest BCUT2D eigenvalue weighted by molar-refractivity contribution is 0.304. The highest BCUT2D eigenvalue weighted by molar-refractivity contribution is 5.47. The van der Waals surface area contributed by atoms with Crippen molar-refractivity contribution >= 4 is 11.3 Å². The molecule has 2 aromatic heterocycles. The summed E-state index contributed by atoms with van der Waals surface area (Å²) in [5.74, 6) is 1.00. The first-order valence-electron chi connectivity index (χ1n) is 5.56. The third-order valence-corrected chi connectivity index (χ3v) is 3.27. The Bertz CT molecular complexity index is 518. The monoisotopic (exact) mass is 217 g/mol. The minimum Gasteiger partial charge on any atom is -0.398 e. The van der Waals surface area contributed by atoms with Crippen LogP contribution in [0.25, 0.3) is 5.65 Å². The Morgan fingerprint density at radius 2 is 2.25 bits per heavy atom. The average Bonchev–Trinajstić information content (AvgIpc) is 2.83. The van der Waals surface area contributed by atoms with Crippen molar-refractivity contribution in [1.82, 2.24) is 19.5 Å². The molecule has 0 spiro atoms. The number of nitrogens with two attached hydrogens (primary N) is 1. The summed E-state index contributed by atoms with van der Waals surface area (Å²) in [6.45, 7) is 1.13. The highest BCUT2D eigenvalue weighted by Crippen LogP contribution is 2.29. The molecule has 5 nitrogen and oxygen atoms in total. The van der Waals surface area contributed by atoms with E-state index in [1.807, 2.05) is 22.7 Å². The number of hydrogen-bond donors (Lipinski definition) is 1. The summed E-state index contributed by atoms with van der Waals surface area (Å²) in [5.41, 5.74) is 7.41. The molecule has 3 heterocycles. The molecule has 0 amide bonds. The van der Waals surface area contributed by atoms with E-state index in [0.29, 0.717) is 6.04 Å². The average molecular weight is 217 g/mol. The fourth-order valence-corrected chi connectivity index (χ4v) is 2.39. The largest absolute Gasteiger partial charge is 0.398 e. The van der Waals surface area contributed by atoms with E-state index in [-0.39, 0.29) is 0 Å². The van der Waals surface area contributed by atoms with Crippen LogP contribution in [0, 0.1) is 0 Å². The molecule has 0 saturated carbocycles. The van der Waals surface area contributed by atoms with Crippen LogP contribution >= 0.6 is 0 Å². The van der Waals surface area contributed by atoms with Gasteiger partial charge in [-0.25, -0.2) is 0 Å². The van der Waals surface area contributed by atoms with E-state index < -0.39 is 0 Å². The first-order chi connectivity index (χ1) is 7.75. The van der Waals surface area contributed by atoms with Crippen LogP contribution in [0.2, 0.25) is 0 Å². The molecule has 1 saturated heterocycles. The quantitative estimate of drug-likeness (QED) is 0.776. The number of nitrogen functional groups attached to an aromatic ring is 1. The minimum atomic E-state index is 0.372. The van der Waals surface area contributed by atoms with Crippen molar-refractivity contribution in [2.45, 2.75) is 18.9 Å². The fourth-order valence-electron chi connectivity index (χ4n) is 2.39. The molecule has 5 heteroatoms. The van der Waals surface area contributed by atoms with Gasteiger partial charge in [0.15, 0.2) is 11.5 Å². The van der Waals surface area contributed by atoms with E-state index in [0.717, 1.165) is 30.1 Å². The van der Waals surface area contributed by atoms with Gasteiger partial charge in [0.1, 0.15) is 0 Å². The molecule has 16 heavy (non-hydrogen) atoms. The molecule has 2 aromatic rings. The van der Waals surface area contributed by atoms with Gasteiger partial charge < -0.3 is 5.73 Å². The second-order valence-corrected chi connectivity index (χ2v) is 4.39. The van der Waals surface area contributed by atoms with Crippen molar-refractivity contribution in [2.24, 2.45) is 0 Å². The molecule has 0 bridgehead atoms. The van der Waals surface area contributed by atoms with E-state index in [4.69, 9.17) is 5.73 Å². The lowest BCUT2D eigenvalue weighted by atomic mass is 10.2. The number of pyridine rings is 1. The molecule has 1 aliphatic rings. The minimum absolute atomic E-state index is 0.372. The van der Waals surface area contributed by atoms with Crippen LogP contribution in [0.1, 0.15) is 24.7 Å². The van der Waals surface area contributed by atoms with Gasteiger partial charge in [-0.3, -0.25) is 9.30 Å². The molecule has 84 valence electrons. The molecule has 1 aliphatic heterocycles. The maximum absolute atomic E-state index is 5.80. The van der Waals surface area contributed by atoms with Crippen LogP contribution in [-0.4, -0.2) is 33.1 Å². The van der Waals surface area contributed by atoms with Gasteiger partial charge in [0.25, 0.3) is 0 Å². The molecule has 1 fully saturated rings. The third kappa shape index (κ3) is 1.36. The predicted molar refractivity (Wildman–Crippen MR) is 62.0 cm³/mol. The smallest absolute Gasteiger partial charge is 0.160 e. The van der Waals surface area contributed by atoms with Gasteiger partial charge >= 0.3 is 0 Å². The van der Waals surface area contributed by atoms with Crippen LogP contribution < -0.4 is 5.73 Å². The lowest BCUT2D eigenvalue weighted by Gasteiger charge is -2.17. The number of hydrogen-bond acceptors (Lipinski definition) is 4. The molecule has 1 unspecified atom stereocenters. The van der Waals surface area contributed by atoms with Gasteiger partial charge in [0, 0.05) is 11.9 Å². The fraction of sp³-hybridized carbons (Fsp3) is 0.455.